The van der Waals surface area contributed by atoms with Crippen LogP contribution in [0.3, 0.4) is 0 Å². The zero-order chi connectivity index (χ0) is 50.5. The molecule has 4 aliphatic heterocycles. The number of rotatable bonds is 13. The van der Waals surface area contributed by atoms with Crippen molar-refractivity contribution in [3.63, 3.8) is 0 Å². The van der Waals surface area contributed by atoms with Gasteiger partial charge in [-0.15, -0.1) is 0 Å². The van der Waals surface area contributed by atoms with Crippen molar-refractivity contribution in [3.05, 3.63) is 105 Å². The second-order valence-electron chi connectivity index (χ2n) is 20.2. The molecule has 0 bridgehead atoms. The van der Waals surface area contributed by atoms with Crippen molar-refractivity contribution in [2.24, 2.45) is 0 Å². The van der Waals surface area contributed by atoms with Gasteiger partial charge in [-0.1, -0.05) is 48.5 Å². The number of carbonyl (C=O) groups is 1. The summed E-state index contributed by atoms with van der Waals surface area (Å²) < 4.78 is 8.90. The predicted octanol–water partition coefficient (Wildman–Crippen LogP) is 7.08. The lowest BCUT2D eigenvalue weighted by atomic mass is 10.0. The Morgan fingerprint density at radius 2 is 1.79 bits per heavy atom. The van der Waals surface area contributed by atoms with Crippen molar-refractivity contribution in [2.45, 2.75) is 83.7 Å². The summed E-state index contributed by atoms with van der Waals surface area (Å²) in [4.78, 5) is 56.8. The first-order valence-electron chi connectivity index (χ1n) is 25.3. The fourth-order valence-corrected chi connectivity index (χ4v) is 11.8. The van der Waals surface area contributed by atoms with E-state index in [4.69, 9.17) is 46.4 Å². The third kappa shape index (κ3) is 9.85. The number of imidazole rings is 1. The number of anilines is 4. The second kappa shape index (κ2) is 20.4. The standard InChI is InChI=1S/C53H60BrClN16O2/c1-32-14-15-42-43(23-32)60-46(59-42)30-69(53-64-51(62-49-40(54)24-57-71(49)53)68-26-34(3)58-35(4)27-68)25-33(2)50(72)70-22-21-67(28-37(70)16-18-56)48-39-17-20-66(45-13-7-10-36-9-6-12-41(55)47(36)45)29-44(39)61-52(63-48)73-31-38-11-8-19-65(38)5/h6-7,9-10,12-15,23-24,34-35,37-38,58H,2,8,11,16-17,19-22,25-31H2,1,3-5H3,(H,59,60)/t34-,35+,37-,38-/m0/s1. The summed E-state index contributed by atoms with van der Waals surface area (Å²) in [6.07, 6.45) is 4.70. The molecule has 1 amide bonds. The highest BCUT2D eigenvalue weighted by Crippen LogP contribution is 2.38. The van der Waals surface area contributed by atoms with E-state index in [1.54, 1.807) is 10.7 Å². The number of nitrogens with zero attached hydrogens (tertiary/aromatic N) is 14. The Bertz CT molecular complexity index is 3270. The number of amides is 1. The van der Waals surface area contributed by atoms with E-state index in [0.29, 0.717) is 79.2 Å². The number of aromatic nitrogens is 8. The van der Waals surface area contributed by atoms with Gasteiger partial charge in [0.15, 0.2) is 5.65 Å². The van der Waals surface area contributed by atoms with Crippen LogP contribution >= 0.6 is 27.5 Å². The van der Waals surface area contributed by atoms with Gasteiger partial charge in [0.2, 0.25) is 11.9 Å². The van der Waals surface area contributed by atoms with Crippen LogP contribution in [0.25, 0.3) is 27.5 Å². The normalized spacial score (nSPS) is 20.5. The lowest BCUT2D eigenvalue weighted by Crippen LogP contribution is -2.56. The van der Waals surface area contributed by atoms with Gasteiger partial charge in [-0.05, 0) is 105 Å². The topological polar surface area (TPSA) is 179 Å². The van der Waals surface area contributed by atoms with Gasteiger partial charge in [0.05, 0.1) is 70.6 Å². The number of H-pyrrole nitrogens is 1. The number of nitrogens with one attached hydrogen (secondary N) is 2. The number of aromatic amines is 1. The number of fused-ring (bicyclic) bond motifs is 4. The van der Waals surface area contributed by atoms with Gasteiger partial charge in [-0.3, -0.25) is 4.79 Å². The molecule has 7 aromatic rings. The van der Waals surface area contributed by atoms with E-state index < -0.39 is 6.04 Å². The summed E-state index contributed by atoms with van der Waals surface area (Å²) >= 11 is 10.5. The van der Waals surface area contributed by atoms with Crippen molar-refractivity contribution >= 4 is 84.3 Å². The number of halogens is 2. The lowest BCUT2D eigenvalue weighted by molar-refractivity contribution is -0.129. The first kappa shape index (κ1) is 48.7. The van der Waals surface area contributed by atoms with Crippen LogP contribution in [-0.2, 0) is 24.3 Å². The molecule has 0 saturated carbocycles. The Kier molecular flexibility index (Phi) is 13.6. The van der Waals surface area contributed by atoms with Crippen LogP contribution in [0.5, 0.6) is 6.01 Å². The van der Waals surface area contributed by atoms with Gasteiger partial charge in [-0.2, -0.15) is 34.8 Å². The summed E-state index contributed by atoms with van der Waals surface area (Å²) in [7, 11) is 2.13. The molecule has 0 spiro atoms. The average molecular weight is 1070 g/mol. The summed E-state index contributed by atoms with van der Waals surface area (Å²) in [5.41, 5.74) is 6.81. The Balaban J connectivity index is 0.887. The van der Waals surface area contributed by atoms with E-state index in [-0.39, 0.29) is 43.5 Å². The van der Waals surface area contributed by atoms with E-state index >= 15 is 0 Å². The van der Waals surface area contributed by atoms with Gasteiger partial charge in [0, 0.05) is 79.6 Å². The number of ether oxygens (including phenoxy) is 1. The average Bonchev–Trinajstić information content (AvgIpc) is 4.11. The van der Waals surface area contributed by atoms with Crippen LogP contribution in [0.15, 0.2) is 77.4 Å². The van der Waals surface area contributed by atoms with Crippen molar-refractivity contribution < 1.29 is 9.53 Å². The van der Waals surface area contributed by atoms with Crippen molar-refractivity contribution in [2.75, 3.05) is 85.6 Å². The molecule has 3 saturated heterocycles. The number of likely N-dealkylation sites (tertiary alicyclic amines) is 1. The molecule has 3 fully saturated rings. The minimum atomic E-state index is -0.453. The number of nitriles is 1. The molecule has 3 aromatic carbocycles. The first-order chi connectivity index (χ1) is 35.4. The highest BCUT2D eigenvalue weighted by atomic mass is 79.9. The Morgan fingerprint density at radius 3 is 2.59 bits per heavy atom. The summed E-state index contributed by atoms with van der Waals surface area (Å²) in [5, 5.41) is 21.5. The second-order valence-corrected chi connectivity index (χ2v) is 21.4. The number of hydrogen-bond acceptors (Lipinski definition) is 15. The molecule has 2 N–H and O–H groups in total. The van der Waals surface area contributed by atoms with Gasteiger partial charge >= 0.3 is 6.01 Å². The van der Waals surface area contributed by atoms with Crippen LogP contribution in [0.4, 0.5) is 23.4 Å². The van der Waals surface area contributed by atoms with Gasteiger partial charge in [0.25, 0.3) is 5.91 Å². The van der Waals surface area contributed by atoms with Crippen LogP contribution in [0.2, 0.25) is 5.02 Å². The number of carbonyl (C=O) groups excluding carboxylic acids is 1. The molecule has 73 heavy (non-hydrogen) atoms. The van der Waals surface area contributed by atoms with E-state index in [9.17, 15) is 10.1 Å². The number of hydrogen-bond donors (Lipinski definition) is 2. The maximum atomic E-state index is 15.0. The molecular formula is C53H60BrClN16O2. The molecule has 8 heterocycles. The summed E-state index contributed by atoms with van der Waals surface area (Å²) in [6, 6.07) is 21.4. The highest BCUT2D eigenvalue weighted by Gasteiger charge is 2.36. The van der Waals surface area contributed by atoms with Gasteiger partial charge < -0.3 is 44.4 Å². The van der Waals surface area contributed by atoms with Crippen molar-refractivity contribution in [1.82, 2.24) is 54.6 Å². The Hall–Kier alpha value is -6.59. The van der Waals surface area contributed by atoms with E-state index in [1.807, 2.05) is 34.1 Å². The molecule has 4 atom stereocenters. The monoisotopic (exact) mass is 1070 g/mol. The zero-order valence-corrected chi connectivity index (χ0v) is 44.1. The minimum Gasteiger partial charge on any atom is -0.462 e. The maximum Gasteiger partial charge on any atom is 0.318 e. The van der Waals surface area contributed by atoms with Crippen LogP contribution in [0, 0.1) is 18.3 Å². The van der Waals surface area contributed by atoms with Crippen molar-refractivity contribution in [3.8, 4) is 12.1 Å². The molecule has 0 aliphatic carbocycles. The largest absolute Gasteiger partial charge is 0.462 e. The quantitative estimate of drug-likeness (QED) is 0.112. The molecule has 4 aliphatic rings. The third-order valence-corrected chi connectivity index (χ3v) is 15.6. The zero-order valence-electron chi connectivity index (χ0n) is 41.7. The fraction of sp³-hybridized carbons (Fsp3) is 0.434. The lowest BCUT2D eigenvalue weighted by Gasteiger charge is -2.43. The van der Waals surface area contributed by atoms with Gasteiger partial charge in [-0.25, -0.2) is 4.98 Å². The van der Waals surface area contributed by atoms with Gasteiger partial charge in [0.1, 0.15) is 18.2 Å². The summed E-state index contributed by atoms with van der Waals surface area (Å²) in [6.45, 7) is 16.6. The molecule has 0 unspecified atom stereocenters. The Morgan fingerprint density at radius 1 is 0.973 bits per heavy atom. The molecule has 4 aromatic heterocycles. The maximum absolute atomic E-state index is 15.0. The number of piperazine rings is 2. The number of aryl methyl sites for hydroxylation is 1. The molecule has 18 nitrogen and oxygen atoms in total. The smallest absolute Gasteiger partial charge is 0.318 e. The number of likely N-dealkylation sites (N-methyl/N-ethyl adjacent to an activating group) is 1. The van der Waals surface area contributed by atoms with E-state index in [2.05, 4.69) is 117 Å². The van der Waals surface area contributed by atoms with E-state index in [0.717, 1.165) is 93.6 Å². The summed E-state index contributed by atoms with van der Waals surface area (Å²) in [5.74, 6) is 2.30. The Labute approximate surface area is 438 Å². The molecule has 0 radical (unpaired) electrons. The molecule has 11 rings (SSSR count). The number of benzene rings is 3. The molecular weight excluding hydrogens is 1010 g/mol. The SMILES string of the molecule is C=C(CN(Cc1nc2ccc(C)cc2[nH]1)c1nc(N2C[C@@H](C)N[C@@H](C)C2)nc2c(Br)cnn12)C(=O)N1CCN(c2nc(OC[C@@H]3CCCN3C)nc3c2CCN(c2cccc4cccc(Cl)c24)C3)C[C@@H]1CC#N. The molecule has 20 heteroatoms. The molecule has 378 valence electrons. The van der Waals surface area contributed by atoms with Crippen LogP contribution in [-0.4, -0.2) is 145 Å². The van der Waals surface area contributed by atoms with Crippen LogP contribution < -0.4 is 29.7 Å². The minimum absolute atomic E-state index is 0.0977. The highest BCUT2D eigenvalue weighted by molar-refractivity contribution is 9.10. The fourth-order valence-electron chi connectivity index (χ4n) is 11.2. The predicted molar refractivity (Wildman–Crippen MR) is 289 cm³/mol. The first-order valence-corrected chi connectivity index (χ1v) is 26.4. The third-order valence-electron chi connectivity index (χ3n) is 14.8. The van der Waals surface area contributed by atoms with Crippen molar-refractivity contribution in [1.29, 1.82) is 5.26 Å². The van der Waals surface area contributed by atoms with E-state index in [1.165, 1.54) is 0 Å². The van der Waals surface area contributed by atoms with Crippen LogP contribution in [0.1, 0.15) is 55.8 Å².